The summed E-state index contributed by atoms with van der Waals surface area (Å²) in [7, 11) is 1.50. The number of rotatable bonds is 8. The molecule has 0 radical (unpaired) electrons. The van der Waals surface area contributed by atoms with Crippen molar-refractivity contribution in [1.29, 1.82) is 0 Å². The number of nitrogens with one attached hydrogen (secondary N) is 1. The minimum Gasteiger partial charge on any atom is -0.496 e. The number of carbonyl (C=O) groups excluding carboxylic acids is 1. The van der Waals surface area contributed by atoms with Crippen LogP contribution >= 0.6 is 0 Å². The summed E-state index contributed by atoms with van der Waals surface area (Å²) in [6.07, 6.45) is 7.15. The topological polar surface area (TPSA) is 76.7 Å². The van der Waals surface area contributed by atoms with Crippen molar-refractivity contribution in [1.82, 2.24) is 14.8 Å². The van der Waals surface area contributed by atoms with E-state index in [0.29, 0.717) is 36.7 Å². The number of methoxy groups -OCH3 is 1. The zero-order valence-corrected chi connectivity index (χ0v) is 18.0. The molecule has 30 heavy (non-hydrogen) atoms. The van der Waals surface area contributed by atoms with Gasteiger partial charge in [0, 0.05) is 50.9 Å². The van der Waals surface area contributed by atoms with Gasteiger partial charge >= 0.3 is 0 Å². The number of amides is 1. The lowest BCUT2D eigenvalue weighted by atomic mass is 10.1. The third-order valence-corrected chi connectivity index (χ3v) is 5.33. The van der Waals surface area contributed by atoms with E-state index in [0.717, 1.165) is 37.5 Å². The molecule has 3 rings (SSSR count). The van der Waals surface area contributed by atoms with Crippen LogP contribution in [-0.4, -0.2) is 48.7 Å². The summed E-state index contributed by atoms with van der Waals surface area (Å²) in [6.45, 7) is 7.61. The van der Waals surface area contributed by atoms with Gasteiger partial charge in [0.25, 0.3) is 11.5 Å². The molecule has 162 valence electrons. The van der Waals surface area contributed by atoms with Gasteiger partial charge in [-0.1, -0.05) is 19.9 Å². The SMILES string of the molecule is COc1cc(=O)n2c(c1C(=O)NCCC(C)C)CCN(C/C=C/c1ccco1)CC2. The summed E-state index contributed by atoms with van der Waals surface area (Å²) < 4.78 is 12.4. The molecule has 0 saturated carbocycles. The van der Waals surface area contributed by atoms with Gasteiger partial charge in [-0.25, -0.2) is 0 Å². The summed E-state index contributed by atoms with van der Waals surface area (Å²) in [5.41, 5.74) is 1.10. The van der Waals surface area contributed by atoms with Gasteiger partial charge in [0.2, 0.25) is 0 Å². The lowest BCUT2D eigenvalue weighted by Gasteiger charge is -2.17. The van der Waals surface area contributed by atoms with E-state index < -0.39 is 0 Å². The summed E-state index contributed by atoms with van der Waals surface area (Å²) in [5, 5.41) is 2.99. The number of fused-ring (bicyclic) bond motifs is 1. The van der Waals surface area contributed by atoms with Crippen LogP contribution in [0.5, 0.6) is 5.75 Å². The molecule has 0 spiro atoms. The van der Waals surface area contributed by atoms with Crippen molar-refractivity contribution in [3.8, 4) is 5.75 Å². The average Bonchev–Trinajstić information content (AvgIpc) is 3.14. The Balaban J connectivity index is 1.77. The number of pyridine rings is 1. The Morgan fingerprint density at radius 1 is 1.33 bits per heavy atom. The highest BCUT2D eigenvalue weighted by Gasteiger charge is 2.24. The number of nitrogens with zero attached hydrogens (tertiary/aromatic N) is 2. The molecular weight excluding hydrogens is 382 g/mol. The maximum atomic E-state index is 12.9. The van der Waals surface area contributed by atoms with Gasteiger partial charge in [-0.2, -0.15) is 0 Å². The normalized spacial score (nSPS) is 14.7. The number of ether oxygens (including phenoxy) is 1. The second-order valence-corrected chi connectivity index (χ2v) is 7.93. The number of furan rings is 1. The molecule has 0 aliphatic carbocycles. The van der Waals surface area contributed by atoms with E-state index in [2.05, 4.69) is 30.1 Å². The Morgan fingerprint density at radius 2 is 2.17 bits per heavy atom. The molecule has 1 amide bonds. The number of carbonyl (C=O) groups is 1. The van der Waals surface area contributed by atoms with E-state index in [9.17, 15) is 9.59 Å². The van der Waals surface area contributed by atoms with E-state index in [1.165, 1.54) is 13.2 Å². The maximum Gasteiger partial charge on any atom is 0.256 e. The molecule has 0 saturated heterocycles. The number of hydrogen-bond acceptors (Lipinski definition) is 5. The van der Waals surface area contributed by atoms with Gasteiger partial charge in [0.1, 0.15) is 17.1 Å². The molecule has 0 aromatic carbocycles. The lowest BCUT2D eigenvalue weighted by Crippen LogP contribution is -2.32. The van der Waals surface area contributed by atoms with Crippen molar-refractivity contribution in [2.45, 2.75) is 33.2 Å². The van der Waals surface area contributed by atoms with Crippen molar-refractivity contribution in [2.24, 2.45) is 5.92 Å². The quantitative estimate of drug-likeness (QED) is 0.720. The molecule has 7 nitrogen and oxygen atoms in total. The van der Waals surface area contributed by atoms with Crippen LogP contribution in [0.1, 0.15) is 42.1 Å². The predicted octanol–water partition coefficient (Wildman–Crippen LogP) is 2.80. The average molecular weight is 414 g/mol. The first kappa shape index (κ1) is 21.9. The highest BCUT2D eigenvalue weighted by atomic mass is 16.5. The molecule has 0 bridgehead atoms. The second-order valence-electron chi connectivity index (χ2n) is 7.93. The molecule has 0 fully saturated rings. The molecule has 3 heterocycles. The monoisotopic (exact) mass is 413 g/mol. The lowest BCUT2D eigenvalue weighted by molar-refractivity contribution is 0.0946. The molecule has 1 aliphatic heterocycles. The molecule has 7 heteroatoms. The molecule has 0 unspecified atom stereocenters. The highest BCUT2D eigenvalue weighted by molar-refractivity contribution is 5.98. The Kier molecular flexibility index (Phi) is 7.52. The largest absolute Gasteiger partial charge is 0.496 e. The first-order valence-electron chi connectivity index (χ1n) is 10.5. The Labute approximate surface area is 177 Å². The molecule has 0 atom stereocenters. The van der Waals surface area contributed by atoms with Crippen LogP contribution in [0.3, 0.4) is 0 Å². The first-order valence-corrected chi connectivity index (χ1v) is 10.5. The Hall–Kier alpha value is -2.80. The van der Waals surface area contributed by atoms with Gasteiger partial charge in [0.15, 0.2) is 0 Å². The van der Waals surface area contributed by atoms with E-state index in [-0.39, 0.29) is 11.5 Å². The van der Waals surface area contributed by atoms with E-state index in [1.807, 2.05) is 18.2 Å². The standard InChI is InChI=1S/C23H31N3O4/c1-17(2)8-10-24-23(28)22-19-9-12-25(11-4-6-18-7-5-15-30-18)13-14-26(19)21(27)16-20(22)29-3/h4-7,15-17H,8-14H2,1-3H3,(H,24,28)/b6-4+. The van der Waals surface area contributed by atoms with Crippen LogP contribution in [0, 0.1) is 5.92 Å². The third kappa shape index (κ3) is 5.42. The van der Waals surface area contributed by atoms with E-state index >= 15 is 0 Å². The van der Waals surface area contributed by atoms with Crippen molar-refractivity contribution in [3.05, 3.63) is 57.9 Å². The summed E-state index contributed by atoms with van der Waals surface area (Å²) in [5.74, 6) is 1.49. The van der Waals surface area contributed by atoms with Crippen LogP contribution in [0.15, 0.2) is 39.7 Å². The van der Waals surface area contributed by atoms with Crippen molar-refractivity contribution in [2.75, 3.05) is 33.3 Å². The zero-order valence-electron chi connectivity index (χ0n) is 18.0. The van der Waals surface area contributed by atoms with Gasteiger partial charge < -0.3 is 19.0 Å². The van der Waals surface area contributed by atoms with Gasteiger partial charge in [-0.3, -0.25) is 14.5 Å². The van der Waals surface area contributed by atoms with Gasteiger partial charge in [0.05, 0.1) is 13.4 Å². The highest BCUT2D eigenvalue weighted by Crippen LogP contribution is 2.23. The van der Waals surface area contributed by atoms with Crippen molar-refractivity contribution in [3.63, 3.8) is 0 Å². The summed E-state index contributed by atoms with van der Waals surface area (Å²) in [4.78, 5) is 27.9. The van der Waals surface area contributed by atoms with Crippen LogP contribution in [0.2, 0.25) is 0 Å². The summed E-state index contributed by atoms with van der Waals surface area (Å²) in [6, 6.07) is 5.19. The van der Waals surface area contributed by atoms with Crippen LogP contribution in [-0.2, 0) is 13.0 Å². The number of hydrogen-bond donors (Lipinski definition) is 1. The maximum absolute atomic E-state index is 12.9. The van der Waals surface area contributed by atoms with Crippen LogP contribution in [0.4, 0.5) is 0 Å². The van der Waals surface area contributed by atoms with Crippen molar-refractivity contribution >= 4 is 12.0 Å². The molecule has 1 aliphatic rings. The Morgan fingerprint density at radius 3 is 2.87 bits per heavy atom. The Bertz CT molecular complexity index is 929. The van der Waals surface area contributed by atoms with Crippen LogP contribution < -0.4 is 15.6 Å². The summed E-state index contributed by atoms with van der Waals surface area (Å²) >= 11 is 0. The molecule has 2 aromatic heterocycles. The molecule has 1 N–H and O–H groups in total. The third-order valence-electron chi connectivity index (χ3n) is 5.33. The molecular formula is C23H31N3O4. The zero-order chi connectivity index (χ0) is 21.5. The minimum absolute atomic E-state index is 0.131. The minimum atomic E-state index is -0.178. The van der Waals surface area contributed by atoms with Crippen LogP contribution in [0.25, 0.3) is 6.08 Å². The van der Waals surface area contributed by atoms with E-state index in [4.69, 9.17) is 9.15 Å². The van der Waals surface area contributed by atoms with Gasteiger partial charge in [-0.15, -0.1) is 0 Å². The number of aromatic nitrogens is 1. The molecule has 2 aromatic rings. The fourth-order valence-electron chi connectivity index (χ4n) is 3.65. The smallest absolute Gasteiger partial charge is 0.256 e. The second kappa shape index (κ2) is 10.3. The van der Waals surface area contributed by atoms with E-state index in [1.54, 1.807) is 10.8 Å². The fourth-order valence-corrected chi connectivity index (χ4v) is 3.65. The fraction of sp³-hybridized carbons (Fsp3) is 0.478. The first-order chi connectivity index (χ1) is 14.5. The van der Waals surface area contributed by atoms with Gasteiger partial charge in [-0.05, 0) is 30.5 Å². The van der Waals surface area contributed by atoms with Crippen molar-refractivity contribution < 1.29 is 13.9 Å². The predicted molar refractivity (Wildman–Crippen MR) is 117 cm³/mol.